The predicted molar refractivity (Wildman–Crippen MR) is 58.8 cm³/mol. The van der Waals surface area contributed by atoms with Gasteiger partial charge in [0.2, 0.25) is 5.91 Å². The highest BCUT2D eigenvalue weighted by molar-refractivity contribution is 5.77. The van der Waals surface area contributed by atoms with Crippen LogP contribution in [0.4, 0.5) is 0 Å². The van der Waals surface area contributed by atoms with Gasteiger partial charge in [0.1, 0.15) is 0 Å². The molecule has 0 saturated carbocycles. The molecule has 0 unspecified atom stereocenters. The van der Waals surface area contributed by atoms with Crippen LogP contribution < -0.4 is 11.1 Å². The molecule has 0 spiro atoms. The van der Waals surface area contributed by atoms with E-state index in [9.17, 15) is 9.59 Å². The van der Waals surface area contributed by atoms with E-state index >= 15 is 0 Å². The molecule has 1 amide bonds. The normalized spacial score (nSPS) is 12.1. The van der Waals surface area contributed by atoms with Crippen molar-refractivity contribution in [2.75, 3.05) is 13.1 Å². The van der Waals surface area contributed by atoms with Crippen LogP contribution >= 0.6 is 0 Å². The summed E-state index contributed by atoms with van der Waals surface area (Å²) in [6, 6.07) is 0. The van der Waals surface area contributed by atoms with Crippen LogP contribution in [0.15, 0.2) is 0 Å². The molecule has 0 aromatic rings. The van der Waals surface area contributed by atoms with Gasteiger partial charge in [0, 0.05) is 6.42 Å². The monoisotopic (exact) mass is 232 g/mol. The van der Waals surface area contributed by atoms with Crippen molar-refractivity contribution in [3.63, 3.8) is 0 Å². The number of amides is 1. The van der Waals surface area contributed by atoms with Gasteiger partial charge in [0.25, 0.3) is 0 Å². The maximum atomic E-state index is 11.2. The Balaban J connectivity index is 3.41. The number of carboxylic acid groups (broad SMARTS) is 1. The van der Waals surface area contributed by atoms with Gasteiger partial charge in [-0.1, -0.05) is 12.8 Å². The van der Waals surface area contributed by atoms with Gasteiger partial charge in [-0.15, -0.1) is 0 Å². The Morgan fingerprint density at radius 2 is 1.81 bits per heavy atom. The third-order valence-corrected chi connectivity index (χ3v) is 2.14. The van der Waals surface area contributed by atoms with Crippen molar-refractivity contribution >= 4 is 11.9 Å². The van der Waals surface area contributed by atoms with Crippen LogP contribution in [-0.2, 0) is 9.59 Å². The first kappa shape index (κ1) is 14.9. The van der Waals surface area contributed by atoms with Crippen molar-refractivity contribution in [3.05, 3.63) is 0 Å². The lowest BCUT2D eigenvalue weighted by atomic mass is 10.1. The Morgan fingerprint density at radius 1 is 1.19 bits per heavy atom. The van der Waals surface area contributed by atoms with E-state index < -0.39 is 12.1 Å². The number of nitrogens with one attached hydrogen (secondary N) is 1. The number of carbonyl (C=O) groups excluding carboxylic acids is 1. The fraction of sp³-hybridized carbons (Fsp3) is 0.800. The van der Waals surface area contributed by atoms with Gasteiger partial charge < -0.3 is 21.3 Å². The number of aliphatic hydroxyl groups is 1. The third kappa shape index (κ3) is 8.19. The lowest BCUT2D eigenvalue weighted by Crippen LogP contribution is -2.36. The topological polar surface area (TPSA) is 113 Å². The molecule has 1 atom stereocenters. The van der Waals surface area contributed by atoms with Crippen LogP contribution in [-0.4, -0.2) is 41.3 Å². The van der Waals surface area contributed by atoms with E-state index in [0.29, 0.717) is 13.0 Å². The summed E-state index contributed by atoms with van der Waals surface area (Å²) in [6.45, 7) is 0.425. The Bertz CT molecular complexity index is 221. The van der Waals surface area contributed by atoms with E-state index in [1.807, 2.05) is 0 Å². The zero-order chi connectivity index (χ0) is 12.4. The van der Waals surface area contributed by atoms with Crippen LogP contribution in [0.5, 0.6) is 0 Å². The summed E-state index contributed by atoms with van der Waals surface area (Å²) in [4.78, 5) is 21.4. The molecule has 0 bridgehead atoms. The minimum absolute atomic E-state index is 0.229. The van der Waals surface area contributed by atoms with Crippen LogP contribution in [0.3, 0.4) is 0 Å². The number of carboxylic acids is 1. The van der Waals surface area contributed by atoms with E-state index in [2.05, 4.69) is 5.32 Å². The maximum Gasteiger partial charge on any atom is 0.334 e. The van der Waals surface area contributed by atoms with E-state index in [1.54, 1.807) is 0 Å². The van der Waals surface area contributed by atoms with Crippen LogP contribution in [0.2, 0.25) is 0 Å². The van der Waals surface area contributed by atoms with Crippen molar-refractivity contribution in [2.45, 2.75) is 38.2 Å². The Hall–Kier alpha value is -1.14. The molecular weight excluding hydrogens is 212 g/mol. The molecule has 0 saturated heterocycles. The van der Waals surface area contributed by atoms with Crippen molar-refractivity contribution in [1.82, 2.24) is 5.32 Å². The zero-order valence-corrected chi connectivity index (χ0v) is 9.32. The van der Waals surface area contributed by atoms with E-state index in [1.165, 1.54) is 0 Å². The smallest absolute Gasteiger partial charge is 0.334 e. The number of rotatable bonds is 9. The maximum absolute atomic E-state index is 11.2. The van der Waals surface area contributed by atoms with E-state index in [0.717, 1.165) is 25.7 Å². The highest BCUT2D eigenvalue weighted by Gasteiger charge is 2.13. The van der Waals surface area contributed by atoms with Crippen LogP contribution in [0.25, 0.3) is 0 Å². The summed E-state index contributed by atoms with van der Waals surface area (Å²) in [5.74, 6) is -1.56. The number of aliphatic carboxylic acids is 1. The molecule has 0 aromatic heterocycles. The zero-order valence-electron chi connectivity index (χ0n) is 9.32. The van der Waals surface area contributed by atoms with Crippen LogP contribution in [0, 0.1) is 0 Å². The summed E-state index contributed by atoms with van der Waals surface area (Å²) >= 11 is 0. The van der Waals surface area contributed by atoms with Crippen LogP contribution in [0.1, 0.15) is 32.1 Å². The van der Waals surface area contributed by atoms with Crippen molar-refractivity contribution < 1.29 is 19.8 Å². The lowest BCUT2D eigenvalue weighted by Gasteiger charge is -2.07. The highest BCUT2D eigenvalue weighted by atomic mass is 16.4. The average molecular weight is 232 g/mol. The Morgan fingerprint density at radius 3 is 2.38 bits per heavy atom. The number of unbranched alkanes of at least 4 members (excludes halogenated alkanes) is 3. The summed E-state index contributed by atoms with van der Waals surface area (Å²) < 4.78 is 0. The third-order valence-electron chi connectivity index (χ3n) is 2.14. The average Bonchev–Trinajstić information content (AvgIpc) is 2.25. The minimum Gasteiger partial charge on any atom is -0.479 e. The van der Waals surface area contributed by atoms with Crippen molar-refractivity contribution in [3.8, 4) is 0 Å². The van der Waals surface area contributed by atoms with Gasteiger partial charge in [-0.25, -0.2) is 4.79 Å². The molecule has 5 N–H and O–H groups in total. The number of aliphatic hydroxyl groups excluding tert-OH is 1. The molecule has 6 heteroatoms. The largest absolute Gasteiger partial charge is 0.479 e. The number of carbonyl (C=O) groups is 2. The summed E-state index contributed by atoms with van der Waals surface area (Å²) in [7, 11) is 0. The fourth-order valence-electron chi connectivity index (χ4n) is 1.17. The SMILES string of the molecule is NCCCCCCC(=O)NC[C@H](O)C(=O)O. The molecule has 0 aliphatic heterocycles. The predicted octanol–water partition coefficient (Wildman–Crippen LogP) is -0.543. The molecule has 0 fully saturated rings. The molecule has 16 heavy (non-hydrogen) atoms. The number of hydrogen-bond acceptors (Lipinski definition) is 4. The fourth-order valence-corrected chi connectivity index (χ4v) is 1.17. The molecule has 0 radical (unpaired) electrons. The van der Waals surface area contributed by atoms with Gasteiger partial charge in [-0.05, 0) is 19.4 Å². The molecule has 0 rings (SSSR count). The molecule has 0 aliphatic carbocycles. The number of hydrogen-bond donors (Lipinski definition) is 4. The standard InChI is InChI=1S/C10H20N2O4/c11-6-4-2-1-3-5-9(14)12-7-8(13)10(15)16/h8,13H,1-7,11H2,(H,12,14)(H,15,16)/t8-/m0/s1. The summed E-state index contributed by atoms with van der Waals surface area (Å²) in [6.07, 6.45) is 2.49. The Kier molecular flexibility index (Phi) is 8.46. The lowest BCUT2D eigenvalue weighted by molar-refractivity contribution is -0.146. The van der Waals surface area contributed by atoms with Crippen molar-refractivity contribution in [2.24, 2.45) is 5.73 Å². The van der Waals surface area contributed by atoms with Crippen molar-refractivity contribution in [1.29, 1.82) is 0 Å². The molecule has 0 aliphatic rings. The number of nitrogens with two attached hydrogens (primary N) is 1. The van der Waals surface area contributed by atoms with Gasteiger partial charge in [-0.2, -0.15) is 0 Å². The van der Waals surface area contributed by atoms with E-state index in [-0.39, 0.29) is 12.5 Å². The first-order chi connectivity index (χ1) is 7.57. The highest BCUT2D eigenvalue weighted by Crippen LogP contribution is 2.01. The summed E-state index contributed by atoms with van der Waals surface area (Å²) in [5, 5.41) is 19.6. The first-order valence-corrected chi connectivity index (χ1v) is 5.45. The van der Waals surface area contributed by atoms with Gasteiger partial charge in [-0.3, -0.25) is 4.79 Å². The quantitative estimate of drug-likeness (QED) is 0.399. The molecule has 0 aromatic carbocycles. The Labute approximate surface area is 94.8 Å². The summed E-state index contributed by atoms with van der Waals surface area (Å²) in [5.41, 5.74) is 5.32. The second-order valence-electron chi connectivity index (χ2n) is 3.61. The first-order valence-electron chi connectivity index (χ1n) is 5.45. The van der Waals surface area contributed by atoms with Gasteiger partial charge in [0.05, 0.1) is 6.54 Å². The second-order valence-corrected chi connectivity index (χ2v) is 3.61. The molecular formula is C10H20N2O4. The van der Waals surface area contributed by atoms with Gasteiger partial charge >= 0.3 is 5.97 Å². The van der Waals surface area contributed by atoms with Gasteiger partial charge in [0.15, 0.2) is 6.10 Å². The molecule has 6 nitrogen and oxygen atoms in total. The molecule has 94 valence electrons. The minimum atomic E-state index is -1.53. The van der Waals surface area contributed by atoms with E-state index in [4.69, 9.17) is 15.9 Å². The molecule has 0 heterocycles. The second kappa shape index (κ2) is 9.11.